The summed E-state index contributed by atoms with van der Waals surface area (Å²) in [5.41, 5.74) is 1.88. The first-order valence-electron chi connectivity index (χ1n) is 4.38. The fourth-order valence-corrected chi connectivity index (χ4v) is 1.21. The van der Waals surface area contributed by atoms with E-state index in [1.165, 1.54) is 6.20 Å². The lowest BCUT2D eigenvalue weighted by Crippen LogP contribution is -1.93. The average molecular weight is 186 g/mol. The fourth-order valence-electron chi connectivity index (χ4n) is 1.21. The van der Waals surface area contributed by atoms with E-state index in [9.17, 15) is 0 Å². The first-order valence-corrected chi connectivity index (χ1v) is 4.38. The molecule has 2 aromatic rings. The molecule has 0 bridgehead atoms. The SMILES string of the molecule is Oc1ccc(Cc2ccccn2)nc1. The highest BCUT2D eigenvalue weighted by Crippen LogP contribution is 2.08. The molecule has 0 unspecified atom stereocenters. The molecule has 0 aliphatic carbocycles. The van der Waals surface area contributed by atoms with Gasteiger partial charge >= 0.3 is 0 Å². The van der Waals surface area contributed by atoms with Crippen molar-refractivity contribution in [3.8, 4) is 5.75 Å². The second-order valence-corrected chi connectivity index (χ2v) is 3.01. The predicted molar refractivity (Wildman–Crippen MR) is 52.9 cm³/mol. The molecule has 70 valence electrons. The number of hydrogen-bond acceptors (Lipinski definition) is 3. The van der Waals surface area contributed by atoms with E-state index in [-0.39, 0.29) is 5.75 Å². The third-order valence-electron chi connectivity index (χ3n) is 1.90. The van der Waals surface area contributed by atoms with Crippen LogP contribution in [0.5, 0.6) is 5.75 Å². The highest BCUT2D eigenvalue weighted by Gasteiger charge is 1.97. The molecule has 0 spiro atoms. The molecule has 2 aromatic heterocycles. The maximum Gasteiger partial charge on any atom is 0.133 e. The minimum absolute atomic E-state index is 0.190. The van der Waals surface area contributed by atoms with Crippen molar-refractivity contribution < 1.29 is 5.11 Å². The van der Waals surface area contributed by atoms with Crippen LogP contribution in [0.25, 0.3) is 0 Å². The largest absolute Gasteiger partial charge is 0.506 e. The number of hydrogen-bond donors (Lipinski definition) is 1. The molecule has 0 fully saturated rings. The Morgan fingerprint density at radius 3 is 2.50 bits per heavy atom. The van der Waals surface area contributed by atoms with Gasteiger partial charge < -0.3 is 5.11 Å². The van der Waals surface area contributed by atoms with Gasteiger partial charge in [0.25, 0.3) is 0 Å². The Balaban J connectivity index is 2.16. The first-order chi connectivity index (χ1) is 6.84. The molecule has 3 nitrogen and oxygen atoms in total. The van der Waals surface area contributed by atoms with Gasteiger partial charge in [0.1, 0.15) is 5.75 Å². The van der Waals surface area contributed by atoms with Crippen molar-refractivity contribution in [1.82, 2.24) is 9.97 Å². The molecule has 2 heterocycles. The summed E-state index contributed by atoms with van der Waals surface area (Å²) in [6.45, 7) is 0. The molecule has 14 heavy (non-hydrogen) atoms. The molecule has 0 saturated carbocycles. The molecule has 0 atom stereocenters. The van der Waals surface area contributed by atoms with E-state index in [0.29, 0.717) is 6.42 Å². The Hall–Kier alpha value is -1.90. The van der Waals surface area contributed by atoms with E-state index >= 15 is 0 Å². The van der Waals surface area contributed by atoms with Crippen molar-refractivity contribution in [3.05, 3.63) is 54.1 Å². The fraction of sp³-hybridized carbons (Fsp3) is 0.0909. The second kappa shape index (κ2) is 3.87. The van der Waals surface area contributed by atoms with Crippen LogP contribution in [0, 0.1) is 0 Å². The van der Waals surface area contributed by atoms with Gasteiger partial charge in [0.2, 0.25) is 0 Å². The summed E-state index contributed by atoms with van der Waals surface area (Å²) < 4.78 is 0. The third kappa shape index (κ3) is 2.07. The smallest absolute Gasteiger partial charge is 0.133 e. The monoisotopic (exact) mass is 186 g/mol. The van der Waals surface area contributed by atoms with E-state index in [1.807, 2.05) is 18.2 Å². The Kier molecular flexibility index (Phi) is 2.40. The highest BCUT2D eigenvalue weighted by molar-refractivity contribution is 5.21. The van der Waals surface area contributed by atoms with E-state index in [2.05, 4.69) is 9.97 Å². The molecule has 0 saturated heterocycles. The van der Waals surface area contributed by atoms with Gasteiger partial charge in [0.15, 0.2) is 0 Å². The van der Waals surface area contributed by atoms with E-state index < -0.39 is 0 Å². The van der Waals surface area contributed by atoms with Crippen LogP contribution in [0.15, 0.2) is 42.7 Å². The lowest BCUT2D eigenvalue weighted by molar-refractivity contribution is 0.472. The van der Waals surface area contributed by atoms with Crippen LogP contribution in [0.2, 0.25) is 0 Å². The van der Waals surface area contributed by atoms with Crippen LogP contribution < -0.4 is 0 Å². The maximum atomic E-state index is 9.04. The Morgan fingerprint density at radius 1 is 1.00 bits per heavy atom. The lowest BCUT2D eigenvalue weighted by atomic mass is 10.2. The molecule has 0 aliphatic rings. The topological polar surface area (TPSA) is 46.0 Å². The Labute approximate surface area is 82.1 Å². The van der Waals surface area contributed by atoms with Crippen molar-refractivity contribution in [1.29, 1.82) is 0 Å². The van der Waals surface area contributed by atoms with Gasteiger partial charge in [-0.2, -0.15) is 0 Å². The van der Waals surface area contributed by atoms with E-state index in [0.717, 1.165) is 11.4 Å². The molecule has 0 amide bonds. The number of rotatable bonds is 2. The molecule has 1 N–H and O–H groups in total. The Morgan fingerprint density at radius 2 is 1.86 bits per heavy atom. The van der Waals surface area contributed by atoms with Gasteiger partial charge in [-0.1, -0.05) is 6.07 Å². The summed E-state index contributed by atoms with van der Waals surface area (Å²) in [5, 5.41) is 9.04. The van der Waals surface area contributed by atoms with E-state index in [4.69, 9.17) is 5.11 Å². The zero-order chi connectivity index (χ0) is 9.80. The van der Waals surface area contributed by atoms with Crippen molar-refractivity contribution in [2.75, 3.05) is 0 Å². The zero-order valence-electron chi connectivity index (χ0n) is 7.59. The zero-order valence-corrected chi connectivity index (χ0v) is 7.59. The number of pyridine rings is 2. The molecule has 0 radical (unpaired) electrons. The lowest BCUT2D eigenvalue weighted by Gasteiger charge is -1.99. The predicted octanol–water partition coefficient (Wildman–Crippen LogP) is 1.77. The maximum absolute atomic E-state index is 9.04. The molecular weight excluding hydrogens is 176 g/mol. The van der Waals surface area contributed by atoms with Crippen LogP contribution in [0.3, 0.4) is 0 Å². The van der Waals surface area contributed by atoms with Crippen molar-refractivity contribution in [3.63, 3.8) is 0 Å². The highest BCUT2D eigenvalue weighted by atomic mass is 16.3. The minimum atomic E-state index is 0.190. The first kappa shape index (κ1) is 8.69. The van der Waals surface area contributed by atoms with Crippen LogP contribution in [-0.4, -0.2) is 15.1 Å². The summed E-state index contributed by atoms with van der Waals surface area (Å²) in [6, 6.07) is 9.21. The second-order valence-electron chi connectivity index (χ2n) is 3.01. The van der Waals surface area contributed by atoms with Gasteiger partial charge in [0.05, 0.1) is 6.20 Å². The van der Waals surface area contributed by atoms with Crippen LogP contribution >= 0.6 is 0 Å². The summed E-state index contributed by atoms with van der Waals surface area (Å²) in [4.78, 5) is 8.28. The van der Waals surface area contributed by atoms with E-state index in [1.54, 1.807) is 18.3 Å². The van der Waals surface area contributed by atoms with Crippen LogP contribution in [-0.2, 0) is 6.42 Å². The molecule has 3 heteroatoms. The summed E-state index contributed by atoms with van der Waals surface area (Å²) in [6.07, 6.45) is 3.90. The van der Waals surface area contributed by atoms with Gasteiger partial charge in [-0.3, -0.25) is 9.97 Å². The van der Waals surface area contributed by atoms with Crippen molar-refractivity contribution in [2.45, 2.75) is 6.42 Å². The number of nitrogens with zero attached hydrogens (tertiary/aromatic N) is 2. The summed E-state index contributed by atoms with van der Waals surface area (Å²) in [5.74, 6) is 0.190. The minimum Gasteiger partial charge on any atom is -0.506 e. The summed E-state index contributed by atoms with van der Waals surface area (Å²) >= 11 is 0. The molecular formula is C11H10N2O. The van der Waals surface area contributed by atoms with Crippen LogP contribution in [0.4, 0.5) is 0 Å². The number of aromatic hydroxyl groups is 1. The standard InChI is InChI=1S/C11H10N2O/c14-11-5-4-10(13-8-11)7-9-3-1-2-6-12-9/h1-6,8,14H,7H2. The van der Waals surface area contributed by atoms with Gasteiger partial charge in [-0.15, -0.1) is 0 Å². The Bertz CT molecular complexity index is 397. The molecule has 0 aromatic carbocycles. The average Bonchev–Trinajstić information content (AvgIpc) is 2.23. The van der Waals surface area contributed by atoms with Crippen molar-refractivity contribution >= 4 is 0 Å². The molecule has 0 aliphatic heterocycles. The van der Waals surface area contributed by atoms with Gasteiger partial charge in [-0.05, 0) is 24.3 Å². The quantitative estimate of drug-likeness (QED) is 0.777. The third-order valence-corrected chi connectivity index (χ3v) is 1.90. The number of aromatic nitrogens is 2. The summed E-state index contributed by atoms with van der Waals surface area (Å²) in [7, 11) is 0. The molecule has 2 rings (SSSR count). The van der Waals surface area contributed by atoms with Gasteiger partial charge in [0, 0.05) is 24.0 Å². The van der Waals surface area contributed by atoms with Crippen LogP contribution in [0.1, 0.15) is 11.4 Å². The van der Waals surface area contributed by atoms with Gasteiger partial charge in [-0.25, -0.2) is 0 Å². The van der Waals surface area contributed by atoms with Crippen molar-refractivity contribution in [2.24, 2.45) is 0 Å². The normalized spacial score (nSPS) is 10.0.